The van der Waals surface area contributed by atoms with Gasteiger partial charge in [0, 0.05) is 0 Å². The molecule has 1 saturated heterocycles. The smallest absolute Gasteiger partial charge is 0.391 e. The normalized spacial score (nSPS) is 19.4. The molecule has 1 rings (SSSR count). The summed E-state index contributed by atoms with van der Waals surface area (Å²) in [4.78, 5) is 13.7. The first-order valence-electron chi connectivity index (χ1n) is 7.75. The predicted molar refractivity (Wildman–Crippen MR) is 77.5 cm³/mol. The average molecular weight is 307 g/mol. The number of halogens is 3. The lowest BCUT2D eigenvalue weighted by atomic mass is 9.94. The Balaban J connectivity index is 2.35. The Morgan fingerprint density at radius 1 is 1.33 bits per heavy atom. The molecule has 1 atom stereocenters. The Kier molecular flexibility index (Phi) is 7.56. The van der Waals surface area contributed by atoms with E-state index in [4.69, 9.17) is 4.65 Å². The molecule has 21 heavy (non-hydrogen) atoms. The second kappa shape index (κ2) is 8.66. The molecule has 0 spiro atoms. The lowest BCUT2D eigenvalue weighted by Gasteiger charge is -2.33. The van der Waals surface area contributed by atoms with E-state index in [2.05, 4.69) is 6.92 Å². The molecule has 1 fully saturated rings. The van der Waals surface area contributed by atoms with Crippen LogP contribution in [-0.4, -0.2) is 44.7 Å². The van der Waals surface area contributed by atoms with Crippen LogP contribution in [0.4, 0.5) is 13.2 Å². The van der Waals surface area contributed by atoms with E-state index in [-0.39, 0.29) is 24.7 Å². The highest BCUT2D eigenvalue weighted by Gasteiger charge is 2.41. The molecule has 0 bridgehead atoms. The van der Waals surface area contributed by atoms with Crippen molar-refractivity contribution >= 4 is 14.0 Å². The minimum atomic E-state index is -4.07. The molecule has 122 valence electrons. The van der Waals surface area contributed by atoms with Gasteiger partial charge >= 0.3 is 14.2 Å². The fraction of sp³-hybridized carbons (Fsp3) is 0.929. The number of carbonyl (C=O) groups is 1. The lowest BCUT2D eigenvalue weighted by molar-refractivity contribution is -0.185. The van der Waals surface area contributed by atoms with Gasteiger partial charge in [-0.3, -0.25) is 4.79 Å². The van der Waals surface area contributed by atoms with E-state index in [0.717, 1.165) is 19.3 Å². The number of nitrogens with zero attached hydrogens (tertiary/aromatic N) is 1. The fourth-order valence-electron chi connectivity index (χ4n) is 2.82. The van der Waals surface area contributed by atoms with Crippen LogP contribution in [0.2, 0.25) is 0 Å². The van der Waals surface area contributed by atoms with Crippen LogP contribution in [0.1, 0.15) is 45.4 Å². The van der Waals surface area contributed by atoms with E-state index in [1.54, 1.807) is 0 Å². The van der Waals surface area contributed by atoms with Gasteiger partial charge in [-0.05, 0) is 45.3 Å². The van der Waals surface area contributed by atoms with Crippen LogP contribution in [0, 0.1) is 11.8 Å². The molecule has 1 heterocycles. The van der Waals surface area contributed by atoms with Crippen LogP contribution in [0.5, 0.6) is 0 Å². The average Bonchev–Trinajstić information content (AvgIpc) is 2.46. The highest BCUT2D eigenvalue weighted by molar-refractivity contribution is 6.05. The molecule has 1 aliphatic rings. The lowest BCUT2D eigenvalue weighted by Crippen LogP contribution is -2.40. The number of rotatable bonds is 7. The molecule has 0 aromatic heterocycles. The Labute approximate surface area is 125 Å². The Bertz CT molecular complexity index is 318. The highest BCUT2D eigenvalue weighted by Crippen LogP contribution is 2.34. The van der Waals surface area contributed by atoms with Crippen molar-refractivity contribution in [1.29, 1.82) is 0 Å². The summed E-state index contributed by atoms with van der Waals surface area (Å²) in [7, 11) is 1.39. The maximum absolute atomic E-state index is 12.6. The summed E-state index contributed by atoms with van der Waals surface area (Å²) in [5.41, 5.74) is 0. The van der Waals surface area contributed by atoms with Gasteiger partial charge in [0.05, 0.1) is 11.8 Å². The molecule has 0 aliphatic carbocycles. The first kappa shape index (κ1) is 18.3. The third-order valence-electron chi connectivity index (χ3n) is 4.28. The zero-order valence-corrected chi connectivity index (χ0v) is 12.9. The minimum Gasteiger partial charge on any atom is -0.543 e. The summed E-state index contributed by atoms with van der Waals surface area (Å²) in [6.07, 6.45) is -0.281. The summed E-state index contributed by atoms with van der Waals surface area (Å²) in [6, 6.07) is 0. The Hall–Kier alpha value is -0.715. The third kappa shape index (κ3) is 6.28. The minimum absolute atomic E-state index is 0.129. The molecule has 7 heteroatoms. The van der Waals surface area contributed by atoms with Gasteiger partial charge in [0.2, 0.25) is 0 Å². The van der Waals surface area contributed by atoms with E-state index < -0.39 is 12.1 Å². The van der Waals surface area contributed by atoms with E-state index in [0.29, 0.717) is 26.1 Å². The van der Waals surface area contributed by atoms with Gasteiger partial charge in [0.1, 0.15) is 0 Å². The number of unbranched alkanes of at least 4 members (excludes halogenated alkanes) is 1. The predicted octanol–water partition coefficient (Wildman–Crippen LogP) is 2.55. The molecule has 0 aromatic rings. The zero-order chi connectivity index (χ0) is 15.9. The number of hydrogen-bond acceptors (Lipinski definition) is 3. The number of hydrogen-bond donors (Lipinski definition) is 0. The molecule has 0 aromatic carbocycles. The molecular weight excluding hydrogens is 282 g/mol. The summed E-state index contributed by atoms with van der Waals surface area (Å²) in [6.45, 7) is 3.67. The first-order valence-corrected chi connectivity index (χ1v) is 7.75. The molecule has 0 radical (unpaired) electrons. The van der Waals surface area contributed by atoms with Crippen molar-refractivity contribution in [2.24, 2.45) is 11.8 Å². The fourth-order valence-corrected chi connectivity index (χ4v) is 2.82. The van der Waals surface area contributed by atoms with E-state index in [9.17, 15) is 18.0 Å². The summed E-state index contributed by atoms with van der Waals surface area (Å²) >= 11 is 0. The summed E-state index contributed by atoms with van der Waals surface area (Å²) < 4.78 is 42.6. The van der Waals surface area contributed by atoms with Crippen LogP contribution in [0.3, 0.4) is 0 Å². The number of alkyl halides is 3. The van der Waals surface area contributed by atoms with E-state index in [1.165, 1.54) is 8.05 Å². The first-order chi connectivity index (χ1) is 9.88. The van der Waals surface area contributed by atoms with Crippen molar-refractivity contribution in [2.45, 2.75) is 51.6 Å². The van der Waals surface area contributed by atoms with Crippen molar-refractivity contribution in [2.75, 3.05) is 19.6 Å². The number of piperidine rings is 1. The van der Waals surface area contributed by atoms with Crippen LogP contribution in [0.15, 0.2) is 0 Å². The van der Waals surface area contributed by atoms with Crippen LogP contribution in [0.25, 0.3) is 0 Å². The quantitative estimate of drug-likeness (QED) is 0.677. The van der Waals surface area contributed by atoms with Gasteiger partial charge < -0.3 is 9.55 Å². The molecule has 0 amide bonds. The van der Waals surface area contributed by atoms with Gasteiger partial charge in [-0.1, -0.05) is 19.8 Å². The molecular formula is C14H25BF3NO2. The Morgan fingerprint density at radius 3 is 2.43 bits per heavy atom. The molecule has 0 saturated carbocycles. The standard InChI is InChI=1S/C14H25BF3NO2/c1-2-3-4-11(13(20)21-15)5-8-19-9-6-12(7-10-19)14(16,17)18/h11-12H,2-10,15H2,1H3. The van der Waals surface area contributed by atoms with Crippen LogP contribution < -0.4 is 0 Å². The molecule has 1 unspecified atom stereocenters. The maximum Gasteiger partial charge on any atom is 0.391 e. The topological polar surface area (TPSA) is 29.5 Å². The van der Waals surface area contributed by atoms with Crippen molar-refractivity contribution in [3.8, 4) is 0 Å². The Morgan fingerprint density at radius 2 is 1.95 bits per heavy atom. The van der Waals surface area contributed by atoms with E-state index in [1.807, 2.05) is 4.90 Å². The van der Waals surface area contributed by atoms with Crippen molar-refractivity contribution in [3.05, 3.63) is 0 Å². The van der Waals surface area contributed by atoms with Gasteiger partial charge in [0.15, 0.2) is 0 Å². The monoisotopic (exact) mass is 307 g/mol. The highest BCUT2D eigenvalue weighted by atomic mass is 19.4. The van der Waals surface area contributed by atoms with E-state index >= 15 is 0 Å². The largest absolute Gasteiger partial charge is 0.543 e. The molecule has 3 nitrogen and oxygen atoms in total. The van der Waals surface area contributed by atoms with Gasteiger partial charge in [-0.15, -0.1) is 0 Å². The van der Waals surface area contributed by atoms with Crippen LogP contribution >= 0.6 is 0 Å². The zero-order valence-electron chi connectivity index (χ0n) is 12.9. The molecule has 1 aliphatic heterocycles. The van der Waals surface area contributed by atoms with Gasteiger partial charge in [0.25, 0.3) is 5.97 Å². The number of carbonyl (C=O) groups excluding carboxylic acids is 1. The SMILES string of the molecule is BOC(=O)C(CCCC)CCN1CCC(C(F)(F)F)CC1. The summed E-state index contributed by atoms with van der Waals surface area (Å²) in [5, 5.41) is 0. The second-order valence-corrected chi connectivity index (χ2v) is 5.81. The van der Waals surface area contributed by atoms with Gasteiger partial charge in [-0.2, -0.15) is 13.2 Å². The van der Waals surface area contributed by atoms with Crippen molar-refractivity contribution < 1.29 is 22.6 Å². The van der Waals surface area contributed by atoms with Crippen LogP contribution in [-0.2, 0) is 9.45 Å². The number of likely N-dealkylation sites (tertiary alicyclic amines) is 1. The van der Waals surface area contributed by atoms with Crippen molar-refractivity contribution in [3.63, 3.8) is 0 Å². The van der Waals surface area contributed by atoms with Gasteiger partial charge in [-0.25, -0.2) is 0 Å². The van der Waals surface area contributed by atoms with Crippen molar-refractivity contribution in [1.82, 2.24) is 4.90 Å². The molecule has 0 N–H and O–H groups in total. The summed E-state index contributed by atoms with van der Waals surface area (Å²) in [5.74, 6) is -1.49. The third-order valence-corrected chi connectivity index (χ3v) is 4.28. The second-order valence-electron chi connectivity index (χ2n) is 5.81. The maximum atomic E-state index is 12.6.